The molecule has 7 heteroatoms. The second kappa shape index (κ2) is 9.32. The number of amides is 1. The van der Waals surface area contributed by atoms with Crippen molar-refractivity contribution in [1.29, 1.82) is 0 Å². The number of nitrogens with zero attached hydrogens (tertiary/aromatic N) is 2. The number of aromatic nitrogens is 2. The van der Waals surface area contributed by atoms with Crippen LogP contribution in [0.4, 0.5) is 0 Å². The number of hydrogen-bond donors (Lipinski definition) is 2. The molecule has 0 aliphatic carbocycles. The van der Waals surface area contributed by atoms with E-state index in [2.05, 4.69) is 39.5 Å². The van der Waals surface area contributed by atoms with Crippen molar-refractivity contribution < 1.29 is 4.79 Å². The minimum absolute atomic E-state index is 0.0667. The first-order chi connectivity index (χ1) is 13.1. The summed E-state index contributed by atoms with van der Waals surface area (Å²) in [5.41, 5.74) is 0.411. The standard InChI is InChI=1S/C20H26N4O3/c25-18(9-13-24-14-10-19(26)22-20(24)27)21-17-7-4-11-23(15-17)12-8-16-5-2-1-3-6-16/h1-3,5-6,10,14,17H,4,7-9,11-13,15H2,(H,21,25)(H,22,26,27)/t17-/m1/s1. The summed E-state index contributed by atoms with van der Waals surface area (Å²) in [7, 11) is 0. The largest absolute Gasteiger partial charge is 0.352 e. The van der Waals surface area contributed by atoms with Crippen LogP contribution in [0, 0.1) is 0 Å². The van der Waals surface area contributed by atoms with Crippen molar-refractivity contribution in [2.75, 3.05) is 19.6 Å². The maximum absolute atomic E-state index is 12.2. The van der Waals surface area contributed by atoms with Gasteiger partial charge in [0, 0.05) is 44.4 Å². The number of carbonyl (C=O) groups is 1. The van der Waals surface area contributed by atoms with Crippen LogP contribution in [0.2, 0.25) is 0 Å². The Morgan fingerprint density at radius 2 is 1.96 bits per heavy atom. The Hall–Kier alpha value is -2.67. The predicted octanol–water partition coefficient (Wildman–Crippen LogP) is 0.750. The Morgan fingerprint density at radius 3 is 2.74 bits per heavy atom. The first kappa shape index (κ1) is 19.1. The van der Waals surface area contributed by atoms with E-state index in [9.17, 15) is 14.4 Å². The Bertz CT molecular complexity index is 859. The number of rotatable bonds is 7. The number of piperidine rings is 1. The van der Waals surface area contributed by atoms with Gasteiger partial charge in [0.15, 0.2) is 0 Å². The highest BCUT2D eigenvalue weighted by Gasteiger charge is 2.21. The number of hydrogen-bond acceptors (Lipinski definition) is 4. The molecule has 0 saturated carbocycles. The van der Waals surface area contributed by atoms with Gasteiger partial charge in [0.2, 0.25) is 5.91 Å². The molecule has 1 aliphatic rings. The predicted molar refractivity (Wildman–Crippen MR) is 104 cm³/mol. The minimum Gasteiger partial charge on any atom is -0.352 e. The van der Waals surface area contributed by atoms with E-state index >= 15 is 0 Å². The number of benzene rings is 1. The fraction of sp³-hybridized carbons (Fsp3) is 0.450. The summed E-state index contributed by atoms with van der Waals surface area (Å²) in [6.45, 7) is 3.16. The van der Waals surface area contributed by atoms with Crippen molar-refractivity contribution in [3.63, 3.8) is 0 Å². The molecule has 3 rings (SSSR count). The highest BCUT2D eigenvalue weighted by molar-refractivity contribution is 5.76. The van der Waals surface area contributed by atoms with Crippen LogP contribution >= 0.6 is 0 Å². The van der Waals surface area contributed by atoms with E-state index in [1.54, 1.807) is 0 Å². The molecule has 1 aromatic carbocycles. The van der Waals surface area contributed by atoms with Gasteiger partial charge in [-0.3, -0.25) is 14.6 Å². The van der Waals surface area contributed by atoms with Crippen LogP contribution in [0.5, 0.6) is 0 Å². The molecule has 1 saturated heterocycles. The topological polar surface area (TPSA) is 87.2 Å². The molecule has 0 radical (unpaired) electrons. The first-order valence-electron chi connectivity index (χ1n) is 9.45. The number of H-pyrrole nitrogens is 1. The average molecular weight is 370 g/mol. The SMILES string of the molecule is O=C(CCn1ccc(=O)[nH]c1=O)N[C@@H]1CCCN(CCc2ccccc2)C1. The summed E-state index contributed by atoms with van der Waals surface area (Å²) in [5, 5.41) is 3.08. The number of carbonyl (C=O) groups excluding carboxylic acids is 1. The Morgan fingerprint density at radius 1 is 1.15 bits per heavy atom. The molecular formula is C20H26N4O3. The zero-order chi connectivity index (χ0) is 19.1. The number of aryl methyl sites for hydroxylation is 1. The molecule has 27 heavy (non-hydrogen) atoms. The van der Waals surface area contributed by atoms with Gasteiger partial charge >= 0.3 is 5.69 Å². The highest BCUT2D eigenvalue weighted by Crippen LogP contribution is 2.11. The Labute approximate surface area is 158 Å². The molecule has 0 spiro atoms. The molecule has 1 aliphatic heterocycles. The van der Waals surface area contributed by atoms with Gasteiger partial charge in [0.25, 0.3) is 5.56 Å². The zero-order valence-corrected chi connectivity index (χ0v) is 15.4. The van der Waals surface area contributed by atoms with Gasteiger partial charge in [0.05, 0.1) is 0 Å². The second-order valence-electron chi connectivity index (χ2n) is 7.00. The molecule has 2 heterocycles. The molecule has 1 fully saturated rings. The van der Waals surface area contributed by atoms with Gasteiger partial charge in [-0.2, -0.15) is 0 Å². The normalized spacial score (nSPS) is 17.6. The maximum Gasteiger partial charge on any atom is 0.328 e. The van der Waals surface area contributed by atoms with E-state index in [-0.39, 0.29) is 24.9 Å². The van der Waals surface area contributed by atoms with Gasteiger partial charge in [-0.1, -0.05) is 30.3 Å². The highest BCUT2D eigenvalue weighted by atomic mass is 16.2. The van der Waals surface area contributed by atoms with Crippen molar-refractivity contribution in [2.45, 2.75) is 38.3 Å². The monoisotopic (exact) mass is 370 g/mol. The third-order valence-corrected chi connectivity index (χ3v) is 4.91. The second-order valence-corrected chi connectivity index (χ2v) is 7.00. The maximum atomic E-state index is 12.2. The molecule has 0 unspecified atom stereocenters. The lowest BCUT2D eigenvalue weighted by atomic mass is 10.0. The van der Waals surface area contributed by atoms with Crippen LogP contribution in [0.15, 0.2) is 52.2 Å². The minimum atomic E-state index is -0.486. The van der Waals surface area contributed by atoms with Crippen LogP contribution in [-0.4, -0.2) is 46.0 Å². The van der Waals surface area contributed by atoms with E-state index < -0.39 is 11.2 Å². The average Bonchev–Trinajstić information content (AvgIpc) is 2.67. The van der Waals surface area contributed by atoms with E-state index in [4.69, 9.17) is 0 Å². The summed E-state index contributed by atoms with van der Waals surface area (Å²) in [6, 6.07) is 11.9. The smallest absolute Gasteiger partial charge is 0.328 e. The van der Waals surface area contributed by atoms with Crippen molar-refractivity contribution in [3.8, 4) is 0 Å². The van der Waals surface area contributed by atoms with Crippen LogP contribution in [0.1, 0.15) is 24.8 Å². The van der Waals surface area contributed by atoms with Crippen LogP contribution in [-0.2, 0) is 17.8 Å². The third kappa shape index (κ3) is 5.92. The Kier molecular flexibility index (Phi) is 6.59. The van der Waals surface area contributed by atoms with Crippen molar-refractivity contribution in [2.24, 2.45) is 0 Å². The van der Waals surface area contributed by atoms with E-state index in [1.165, 1.54) is 22.4 Å². The summed E-state index contributed by atoms with van der Waals surface area (Å²) in [6.07, 6.45) is 4.69. The van der Waals surface area contributed by atoms with Crippen LogP contribution in [0.25, 0.3) is 0 Å². The molecule has 1 aromatic heterocycles. The van der Waals surface area contributed by atoms with Crippen LogP contribution in [0.3, 0.4) is 0 Å². The number of nitrogens with one attached hydrogen (secondary N) is 2. The molecule has 144 valence electrons. The van der Waals surface area contributed by atoms with E-state index in [0.29, 0.717) is 0 Å². The van der Waals surface area contributed by atoms with Crippen molar-refractivity contribution >= 4 is 5.91 Å². The van der Waals surface area contributed by atoms with Gasteiger partial charge in [-0.05, 0) is 31.4 Å². The summed E-state index contributed by atoms with van der Waals surface area (Å²) >= 11 is 0. The molecule has 0 bridgehead atoms. The molecule has 2 N–H and O–H groups in total. The molecule has 1 amide bonds. The lowest BCUT2D eigenvalue weighted by molar-refractivity contribution is -0.122. The molecule has 7 nitrogen and oxygen atoms in total. The molecular weight excluding hydrogens is 344 g/mol. The lowest BCUT2D eigenvalue weighted by Crippen LogP contribution is -2.48. The number of aromatic amines is 1. The van der Waals surface area contributed by atoms with Crippen LogP contribution < -0.4 is 16.6 Å². The summed E-state index contributed by atoms with van der Waals surface area (Å²) in [4.78, 5) is 39.5. The molecule has 1 atom stereocenters. The third-order valence-electron chi connectivity index (χ3n) is 4.91. The fourth-order valence-corrected chi connectivity index (χ4v) is 3.45. The van der Waals surface area contributed by atoms with Gasteiger partial charge in [-0.25, -0.2) is 4.79 Å². The number of likely N-dealkylation sites (tertiary alicyclic amines) is 1. The van der Waals surface area contributed by atoms with Gasteiger partial charge in [0.1, 0.15) is 0 Å². The molecule has 2 aromatic rings. The summed E-state index contributed by atoms with van der Waals surface area (Å²) in [5.74, 6) is -0.0667. The summed E-state index contributed by atoms with van der Waals surface area (Å²) < 4.78 is 1.34. The fourth-order valence-electron chi connectivity index (χ4n) is 3.45. The first-order valence-corrected chi connectivity index (χ1v) is 9.45. The lowest BCUT2D eigenvalue weighted by Gasteiger charge is -2.33. The van der Waals surface area contributed by atoms with Crippen molar-refractivity contribution in [1.82, 2.24) is 19.8 Å². The van der Waals surface area contributed by atoms with E-state index in [1.807, 2.05) is 6.07 Å². The Balaban J connectivity index is 1.43. The zero-order valence-electron chi connectivity index (χ0n) is 15.4. The van der Waals surface area contributed by atoms with E-state index in [0.717, 1.165) is 38.9 Å². The van der Waals surface area contributed by atoms with Gasteiger partial charge < -0.3 is 14.8 Å². The van der Waals surface area contributed by atoms with Crippen molar-refractivity contribution in [3.05, 3.63) is 69.0 Å². The quantitative estimate of drug-likeness (QED) is 0.753. The van der Waals surface area contributed by atoms with Gasteiger partial charge in [-0.15, -0.1) is 0 Å².